The van der Waals surface area contributed by atoms with Crippen LogP contribution in [0.25, 0.3) is 0 Å². The van der Waals surface area contributed by atoms with Crippen LogP contribution in [0.15, 0.2) is 0 Å². The Balaban J connectivity index is 1.80. The molecule has 0 aromatic carbocycles. The van der Waals surface area contributed by atoms with Crippen molar-refractivity contribution in [3.63, 3.8) is 0 Å². The average Bonchev–Trinajstić information content (AvgIpc) is 2.67. The van der Waals surface area contributed by atoms with Gasteiger partial charge < -0.3 is 5.11 Å². The molecule has 1 fully saturated rings. The molecule has 0 radical (unpaired) electrons. The van der Waals surface area contributed by atoms with Crippen molar-refractivity contribution in [1.82, 2.24) is 0 Å². The van der Waals surface area contributed by atoms with E-state index >= 15 is 0 Å². The summed E-state index contributed by atoms with van der Waals surface area (Å²) < 4.78 is 0. The maximum absolute atomic E-state index is 9.53. The van der Waals surface area contributed by atoms with E-state index in [-0.39, 0.29) is 5.60 Å². The molecule has 78 valence electrons. The lowest BCUT2D eigenvalue weighted by molar-refractivity contribution is 0.149. The van der Waals surface area contributed by atoms with E-state index in [9.17, 15) is 5.11 Å². The Morgan fingerprint density at radius 2 is 1.69 bits per heavy atom. The van der Waals surface area contributed by atoms with E-state index in [1.54, 1.807) is 0 Å². The minimum absolute atomic E-state index is 0.288. The molecule has 0 amide bonds. The standard InChI is InChI=1S/C12H24O/c1-3-4-5-6-7-8-9-11-10-12(11,2)13/h11,13H,3-10H2,1-2H3/t11-,12-/m0/s1. The Labute approximate surface area is 82.5 Å². The summed E-state index contributed by atoms with van der Waals surface area (Å²) in [5.74, 6) is 0.624. The van der Waals surface area contributed by atoms with E-state index in [1.165, 1.54) is 44.9 Å². The third-order valence-corrected chi connectivity index (χ3v) is 3.29. The van der Waals surface area contributed by atoms with Crippen LogP contribution in [0.2, 0.25) is 0 Å². The van der Waals surface area contributed by atoms with E-state index in [0.717, 1.165) is 6.42 Å². The van der Waals surface area contributed by atoms with E-state index < -0.39 is 0 Å². The molecule has 0 aromatic heterocycles. The lowest BCUT2D eigenvalue weighted by atomic mass is 10.1. The fourth-order valence-electron chi connectivity index (χ4n) is 2.02. The molecule has 1 heteroatoms. The van der Waals surface area contributed by atoms with E-state index in [1.807, 2.05) is 6.92 Å². The molecule has 1 aliphatic rings. The molecule has 1 rings (SSSR count). The summed E-state index contributed by atoms with van der Waals surface area (Å²) in [5, 5.41) is 9.53. The lowest BCUT2D eigenvalue weighted by Gasteiger charge is -2.02. The van der Waals surface area contributed by atoms with Crippen molar-refractivity contribution in [3.05, 3.63) is 0 Å². The molecule has 0 bridgehead atoms. The fourth-order valence-corrected chi connectivity index (χ4v) is 2.02. The summed E-state index contributed by atoms with van der Waals surface area (Å²) in [7, 11) is 0. The molecule has 0 aromatic rings. The smallest absolute Gasteiger partial charge is 0.0652 e. The van der Waals surface area contributed by atoms with Crippen LogP contribution >= 0.6 is 0 Å². The van der Waals surface area contributed by atoms with Crippen LogP contribution < -0.4 is 0 Å². The van der Waals surface area contributed by atoms with Gasteiger partial charge in [0.2, 0.25) is 0 Å². The zero-order valence-corrected chi connectivity index (χ0v) is 9.18. The average molecular weight is 184 g/mol. The molecule has 0 unspecified atom stereocenters. The van der Waals surface area contributed by atoms with Gasteiger partial charge >= 0.3 is 0 Å². The molecule has 1 N–H and O–H groups in total. The molecule has 13 heavy (non-hydrogen) atoms. The van der Waals surface area contributed by atoms with Crippen LogP contribution in [0.3, 0.4) is 0 Å². The van der Waals surface area contributed by atoms with Crippen LogP contribution in [0.1, 0.15) is 65.2 Å². The number of aliphatic hydroxyl groups is 1. The Bertz CT molecular complexity index is 140. The van der Waals surface area contributed by atoms with Gasteiger partial charge in [-0.1, -0.05) is 45.4 Å². The summed E-state index contributed by atoms with van der Waals surface area (Å²) in [4.78, 5) is 0. The van der Waals surface area contributed by atoms with Crippen molar-refractivity contribution in [1.29, 1.82) is 0 Å². The molecule has 0 aliphatic heterocycles. The Kier molecular flexibility index (Phi) is 4.24. The summed E-state index contributed by atoms with van der Waals surface area (Å²) in [6.07, 6.45) is 10.5. The van der Waals surface area contributed by atoms with Crippen molar-refractivity contribution in [2.75, 3.05) is 0 Å². The van der Waals surface area contributed by atoms with Gasteiger partial charge in [-0.2, -0.15) is 0 Å². The van der Waals surface area contributed by atoms with Crippen LogP contribution in [0, 0.1) is 5.92 Å². The summed E-state index contributed by atoms with van der Waals surface area (Å²) in [5.41, 5.74) is -0.288. The van der Waals surface area contributed by atoms with Crippen LogP contribution in [0.4, 0.5) is 0 Å². The van der Waals surface area contributed by atoms with E-state index in [2.05, 4.69) is 6.92 Å². The monoisotopic (exact) mass is 184 g/mol. The van der Waals surface area contributed by atoms with Crippen molar-refractivity contribution in [3.8, 4) is 0 Å². The fraction of sp³-hybridized carbons (Fsp3) is 1.00. The molecule has 2 atom stereocenters. The Hall–Kier alpha value is -0.0400. The van der Waals surface area contributed by atoms with Crippen LogP contribution in [-0.2, 0) is 0 Å². The molecule has 0 spiro atoms. The van der Waals surface area contributed by atoms with E-state index in [4.69, 9.17) is 0 Å². The maximum Gasteiger partial charge on any atom is 0.0652 e. The van der Waals surface area contributed by atoms with Crippen LogP contribution in [0.5, 0.6) is 0 Å². The second-order valence-corrected chi connectivity index (χ2v) is 4.81. The first kappa shape index (κ1) is 11.0. The van der Waals surface area contributed by atoms with E-state index in [0.29, 0.717) is 5.92 Å². The highest BCUT2D eigenvalue weighted by molar-refractivity contribution is 4.98. The second-order valence-electron chi connectivity index (χ2n) is 4.81. The van der Waals surface area contributed by atoms with Crippen molar-refractivity contribution in [2.45, 2.75) is 70.8 Å². The number of rotatable bonds is 7. The largest absolute Gasteiger partial charge is 0.390 e. The third-order valence-electron chi connectivity index (χ3n) is 3.29. The third kappa shape index (κ3) is 4.12. The Morgan fingerprint density at radius 1 is 1.15 bits per heavy atom. The lowest BCUT2D eigenvalue weighted by Crippen LogP contribution is -2.02. The zero-order valence-electron chi connectivity index (χ0n) is 9.18. The summed E-state index contributed by atoms with van der Waals surface area (Å²) >= 11 is 0. The topological polar surface area (TPSA) is 20.2 Å². The predicted octanol–water partition coefficient (Wildman–Crippen LogP) is 3.51. The highest BCUT2D eigenvalue weighted by atomic mass is 16.3. The first-order valence-corrected chi connectivity index (χ1v) is 5.89. The normalized spacial score (nSPS) is 32.1. The Morgan fingerprint density at radius 3 is 2.23 bits per heavy atom. The molecule has 1 saturated carbocycles. The van der Waals surface area contributed by atoms with Crippen LogP contribution in [-0.4, -0.2) is 10.7 Å². The minimum atomic E-state index is -0.288. The number of hydrogen-bond acceptors (Lipinski definition) is 1. The van der Waals surface area contributed by atoms with Crippen molar-refractivity contribution in [2.24, 2.45) is 5.92 Å². The first-order chi connectivity index (χ1) is 6.17. The molecule has 0 heterocycles. The van der Waals surface area contributed by atoms with Gasteiger partial charge in [-0.15, -0.1) is 0 Å². The van der Waals surface area contributed by atoms with Gasteiger partial charge in [-0.3, -0.25) is 0 Å². The summed E-state index contributed by atoms with van der Waals surface area (Å²) in [6, 6.07) is 0. The van der Waals surface area contributed by atoms with Gasteiger partial charge in [0.25, 0.3) is 0 Å². The quantitative estimate of drug-likeness (QED) is 0.600. The summed E-state index contributed by atoms with van der Waals surface area (Å²) in [6.45, 7) is 4.22. The molecular weight excluding hydrogens is 160 g/mol. The zero-order chi connectivity index (χ0) is 9.73. The molecule has 0 saturated heterocycles. The number of hydrogen-bond donors (Lipinski definition) is 1. The second kappa shape index (κ2) is 4.99. The number of unbranched alkanes of at least 4 members (excludes halogenated alkanes) is 5. The van der Waals surface area contributed by atoms with Crippen molar-refractivity contribution >= 4 is 0 Å². The molecule has 1 nitrogen and oxygen atoms in total. The highest BCUT2D eigenvalue weighted by Gasteiger charge is 2.47. The van der Waals surface area contributed by atoms with Gasteiger partial charge in [-0.05, 0) is 25.7 Å². The van der Waals surface area contributed by atoms with Crippen molar-refractivity contribution < 1.29 is 5.11 Å². The maximum atomic E-state index is 9.53. The van der Waals surface area contributed by atoms with Gasteiger partial charge in [0.15, 0.2) is 0 Å². The predicted molar refractivity (Wildman–Crippen MR) is 56.7 cm³/mol. The highest BCUT2D eigenvalue weighted by Crippen LogP contribution is 2.46. The van der Waals surface area contributed by atoms with Gasteiger partial charge in [0.05, 0.1) is 5.60 Å². The van der Waals surface area contributed by atoms with Gasteiger partial charge in [0.1, 0.15) is 0 Å². The molecule has 1 aliphatic carbocycles. The molecular formula is C12H24O. The minimum Gasteiger partial charge on any atom is -0.390 e. The van der Waals surface area contributed by atoms with Gasteiger partial charge in [-0.25, -0.2) is 0 Å². The SMILES string of the molecule is CCCCCCCC[C@H]1C[C@]1(C)O. The van der Waals surface area contributed by atoms with Gasteiger partial charge in [0, 0.05) is 0 Å². The first-order valence-electron chi connectivity index (χ1n) is 5.89.